The Morgan fingerprint density at radius 2 is 2.12 bits per heavy atom. The van der Waals surface area contributed by atoms with Gasteiger partial charge < -0.3 is 5.32 Å². The Bertz CT molecular complexity index is 392. The molecule has 17 heavy (non-hydrogen) atoms. The second kappa shape index (κ2) is 4.77. The first kappa shape index (κ1) is 12.6. The lowest BCUT2D eigenvalue weighted by Gasteiger charge is -2.29. The molecular weight excluding hydrogens is 213 g/mol. The zero-order valence-corrected chi connectivity index (χ0v) is 11.0. The summed E-state index contributed by atoms with van der Waals surface area (Å²) in [6.45, 7) is 7.45. The number of benzene rings is 1. The van der Waals surface area contributed by atoms with Crippen LogP contribution in [-0.2, 0) is 6.42 Å². The maximum Gasteiger partial charge on any atom is 0.126 e. The summed E-state index contributed by atoms with van der Waals surface area (Å²) in [5.41, 5.74) is 2.29. The van der Waals surface area contributed by atoms with Gasteiger partial charge in [0.05, 0.1) is 0 Å². The van der Waals surface area contributed by atoms with E-state index in [4.69, 9.17) is 0 Å². The summed E-state index contributed by atoms with van der Waals surface area (Å²) in [4.78, 5) is 0. The molecule has 0 aliphatic heterocycles. The van der Waals surface area contributed by atoms with Crippen molar-refractivity contribution in [3.8, 4) is 0 Å². The highest BCUT2D eigenvalue weighted by molar-refractivity contribution is 5.34. The van der Waals surface area contributed by atoms with E-state index in [2.05, 4.69) is 32.2 Å². The Morgan fingerprint density at radius 3 is 2.82 bits per heavy atom. The maximum atomic E-state index is 13.7. The molecule has 1 nitrogen and oxygen atoms in total. The Hall–Kier alpha value is -0.890. The number of nitrogens with one attached hydrogen (secondary N) is 1. The van der Waals surface area contributed by atoms with Gasteiger partial charge in [0, 0.05) is 12.1 Å². The minimum atomic E-state index is -0.0250. The summed E-state index contributed by atoms with van der Waals surface area (Å²) >= 11 is 0. The van der Waals surface area contributed by atoms with E-state index < -0.39 is 0 Å². The third-order valence-corrected chi connectivity index (χ3v) is 3.45. The second-order valence-corrected chi connectivity index (χ2v) is 6.03. The molecule has 0 fully saturated rings. The average Bonchev–Trinajstić information content (AvgIpc) is 2.26. The molecule has 0 saturated heterocycles. The number of fused-ring (bicyclic) bond motifs is 1. The predicted octanol–water partition coefficient (Wildman–Crippen LogP) is 3.63. The van der Waals surface area contributed by atoms with E-state index in [0.717, 1.165) is 24.9 Å². The van der Waals surface area contributed by atoms with Crippen molar-refractivity contribution < 1.29 is 4.39 Å². The van der Waals surface area contributed by atoms with Crippen LogP contribution >= 0.6 is 0 Å². The van der Waals surface area contributed by atoms with Gasteiger partial charge in [0.15, 0.2) is 0 Å². The van der Waals surface area contributed by atoms with Crippen LogP contribution in [0.25, 0.3) is 0 Å². The molecule has 1 aliphatic carbocycles. The van der Waals surface area contributed by atoms with Crippen LogP contribution in [0.5, 0.6) is 0 Å². The standard InChI is InChI=1S/C15H22FN/c1-15(2,3)17-10-11-6-4-8-13-12(11)7-5-9-14(13)16/h5,7,9,11,17H,4,6,8,10H2,1-3H3. The van der Waals surface area contributed by atoms with Gasteiger partial charge in [0.25, 0.3) is 0 Å². The van der Waals surface area contributed by atoms with E-state index >= 15 is 0 Å². The predicted molar refractivity (Wildman–Crippen MR) is 69.8 cm³/mol. The third kappa shape index (κ3) is 3.06. The van der Waals surface area contributed by atoms with Crippen molar-refractivity contribution in [2.75, 3.05) is 6.54 Å². The van der Waals surface area contributed by atoms with Gasteiger partial charge in [-0.05, 0) is 63.1 Å². The first-order valence-electron chi connectivity index (χ1n) is 6.50. The Labute approximate surface area is 103 Å². The highest BCUT2D eigenvalue weighted by atomic mass is 19.1. The topological polar surface area (TPSA) is 12.0 Å². The molecule has 1 aromatic rings. The summed E-state index contributed by atoms with van der Waals surface area (Å²) in [5, 5.41) is 3.53. The summed E-state index contributed by atoms with van der Waals surface area (Å²) in [6.07, 6.45) is 3.16. The molecule has 0 aromatic heterocycles. The van der Waals surface area contributed by atoms with Crippen LogP contribution in [0, 0.1) is 5.82 Å². The Kier molecular flexibility index (Phi) is 3.53. The first-order valence-corrected chi connectivity index (χ1v) is 6.50. The van der Waals surface area contributed by atoms with Crippen LogP contribution in [-0.4, -0.2) is 12.1 Å². The highest BCUT2D eigenvalue weighted by Crippen LogP contribution is 2.32. The largest absolute Gasteiger partial charge is 0.311 e. The van der Waals surface area contributed by atoms with Crippen molar-refractivity contribution in [1.82, 2.24) is 5.32 Å². The van der Waals surface area contributed by atoms with E-state index in [1.165, 1.54) is 12.0 Å². The van der Waals surface area contributed by atoms with Gasteiger partial charge >= 0.3 is 0 Å². The Morgan fingerprint density at radius 1 is 1.35 bits per heavy atom. The lowest BCUT2D eigenvalue weighted by molar-refractivity contribution is 0.388. The fraction of sp³-hybridized carbons (Fsp3) is 0.600. The molecule has 0 bridgehead atoms. The van der Waals surface area contributed by atoms with Crippen molar-refractivity contribution in [1.29, 1.82) is 0 Å². The molecule has 1 atom stereocenters. The van der Waals surface area contributed by atoms with Crippen molar-refractivity contribution in [2.24, 2.45) is 0 Å². The van der Waals surface area contributed by atoms with Gasteiger partial charge in [-0.2, -0.15) is 0 Å². The van der Waals surface area contributed by atoms with Crippen molar-refractivity contribution >= 4 is 0 Å². The molecule has 0 amide bonds. The molecule has 0 saturated carbocycles. The van der Waals surface area contributed by atoms with Crippen molar-refractivity contribution in [2.45, 2.75) is 51.5 Å². The first-order chi connectivity index (χ1) is 7.97. The Balaban J connectivity index is 2.15. The molecular formula is C15H22FN. The van der Waals surface area contributed by atoms with Gasteiger partial charge in [0.2, 0.25) is 0 Å². The molecule has 1 unspecified atom stereocenters. The van der Waals surface area contributed by atoms with Crippen LogP contribution in [0.15, 0.2) is 18.2 Å². The van der Waals surface area contributed by atoms with Gasteiger partial charge in [0.1, 0.15) is 5.82 Å². The van der Waals surface area contributed by atoms with Crippen molar-refractivity contribution in [3.05, 3.63) is 35.1 Å². The van der Waals surface area contributed by atoms with E-state index in [9.17, 15) is 4.39 Å². The van der Waals surface area contributed by atoms with Gasteiger partial charge in [-0.1, -0.05) is 12.1 Å². The molecule has 1 N–H and O–H groups in total. The molecule has 1 aromatic carbocycles. The number of halogens is 1. The smallest absolute Gasteiger partial charge is 0.126 e. The van der Waals surface area contributed by atoms with Gasteiger partial charge in [-0.15, -0.1) is 0 Å². The number of hydrogen-bond donors (Lipinski definition) is 1. The molecule has 2 heteroatoms. The van der Waals surface area contributed by atoms with Crippen LogP contribution in [0.1, 0.15) is 50.7 Å². The SMILES string of the molecule is CC(C)(C)NCC1CCCc2c(F)cccc21. The zero-order valence-electron chi connectivity index (χ0n) is 11.0. The zero-order chi connectivity index (χ0) is 12.5. The van der Waals surface area contributed by atoms with Gasteiger partial charge in [-0.3, -0.25) is 0 Å². The highest BCUT2D eigenvalue weighted by Gasteiger charge is 2.23. The van der Waals surface area contributed by atoms with Gasteiger partial charge in [-0.25, -0.2) is 4.39 Å². The summed E-state index contributed by atoms with van der Waals surface area (Å²) in [5.74, 6) is 0.441. The monoisotopic (exact) mass is 235 g/mol. The maximum absolute atomic E-state index is 13.7. The van der Waals surface area contributed by atoms with E-state index in [1.807, 2.05) is 6.07 Å². The fourth-order valence-corrected chi connectivity index (χ4v) is 2.54. The molecule has 1 aliphatic rings. The van der Waals surface area contributed by atoms with E-state index in [1.54, 1.807) is 6.07 Å². The average molecular weight is 235 g/mol. The quantitative estimate of drug-likeness (QED) is 0.825. The minimum Gasteiger partial charge on any atom is -0.311 e. The lowest BCUT2D eigenvalue weighted by atomic mass is 9.82. The summed E-state index contributed by atoms with van der Waals surface area (Å²) in [7, 11) is 0. The molecule has 2 rings (SSSR count). The lowest BCUT2D eigenvalue weighted by Crippen LogP contribution is -2.39. The third-order valence-electron chi connectivity index (χ3n) is 3.45. The molecule has 94 valence electrons. The summed E-state index contributed by atoms with van der Waals surface area (Å²) in [6, 6.07) is 5.51. The van der Waals surface area contributed by atoms with Crippen LogP contribution in [0.4, 0.5) is 4.39 Å². The van der Waals surface area contributed by atoms with E-state index in [0.29, 0.717) is 5.92 Å². The number of rotatable bonds is 2. The number of hydrogen-bond acceptors (Lipinski definition) is 1. The normalized spacial score (nSPS) is 20.1. The fourth-order valence-electron chi connectivity index (χ4n) is 2.54. The second-order valence-electron chi connectivity index (χ2n) is 6.03. The summed E-state index contributed by atoms with van der Waals surface area (Å²) < 4.78 is 13.7. The molecule has 0 radical (unpaired) electrons. The van der Waals surface area contributed by atoms with Crippen molar-refractivity contribution in [3.63, 3.8) is 0 Å². The molecule has 0 heterocycles. The van der Waals surface area contributed by atoms with Crippen LogP contribution in [0.3, 0.4) is 0 Å². The van der Waals surface area contributed by atoms with E-state index in [-0.39, 0.29) is 11.4 Å². The molecule has 0 spiro atoms. The minimum absolute atomic E-state index is 0.0250. The van der Waals surface area contributed by atoms with Crippen LogP contribution < -0.4 is 5.32 Å². The van der Waals surface area contributed by atoms with Crippen LogP contribution in [0.2, 0.25) is 0 Å².